The third-order valence-electron chi connectivity index (χ3n) is 3.63. The molecule has 1 aromatic carbocycles. The molecule has 1 spiro atoms. The molecule has 0 unspecified atom stereocenters. The van der Waals surface area contributed by atoms with Crippen molar-refractivity contribution in [3.63, 3.8) is 0 Å². The number of nitrogens with one attached hydrogen (secondary N) is 1. The number of imide groups is 2. The minimum absolute atomic E-state index is 0.134. The molecule has 1 aromatic rings. The van der Waals surface area contributed by atoms with Crippen LogP contribution in [0.1, 0.15) is 12.8 Å². The van der Waals surface area contributed by atoms with E-state index in [2.05, 4.69) is 5.32 Å². The molecule has 1 heterocycles. The van der Waals surface area contributed by atoms with Crippen molar-refractivity contribution in [2.45, 2.75) is 12.8 Å². The highest BCUT2D eigenvalue weighted by atomic mass is 16.5. The van der Waals surface area contributed by atoms with Gasteiger partial charge in [0.2, 0.25) is 11.8 Å². The molecule has 1 saturated heterocycles. The number of nitrogens with zero attached hydrogens (tertiary/aromatic N) is 1. The Labute approximate surface area is 115 Å². The third kappa shape index (κ3) is 2.03. The number of para-hydroxylation sites is 1. The largest absolute Gasteiger partial charge is 0.492 e. The molecule has 0 atom stereocenters. The summed E-state index contributed by atoms with van der Waals surface area (Å²) in [7, 11) is 0. The molecule has 1 aliphatic carbocycles. The predicted octanol–water partition coefficient (Wildman–Crippen LogP) is 0.924. The molecule has 104 valence electrons. The number of hydrogen-bond acceptors (Lipinski definition) is 4. The van der Waals surface area contributed by atoms with Crippen molar-refractivity contribution >= 4 is 17.8 Å². The van der Waals surface area contributed by atoms with Crippen molar-refractivity contribution < 1.29 is 19.1 Å². The molecule has 0 aromatic heterocycles. The van der Waals surface area contributed by atoms with Crippen LogP contribution in [0.4, 0.5) is 4.79 Å². The highest BCUT2D eigenvalue weighted by Gasteiger charge is 2.62. The molecule has 2 fully saturated rings. The van der Waals surface area contributed by atoms with E-state index in [1.165, 1.54) is 0 Å². The van der Waals surface area contributed by atoms with Crippen molar-refractivity contribution in [2.75, 3.05) is 13.2 Å². The van der Waals surface area contributed by atoms with E-state index in [9.17, 15) is 14.4 Å². The molecule has 6 nitrogen and oxygen atoms in total. The average Bonchev–Trinajstić information content (AvgIpc) is 3.24. The Morgan fingerprint density at radius 3 is 2.50 bits per heavy atom. The van der Waals surface area contributed by atoms with Gasteiger partial charge in [-0.2, -0.15) is 0 Å². The molecular formula is C14H14N2O4. The van der Waals surface area contributed by atoms with Gasteiger partial charge in [-0.25, -0.2) is 4.79 Å². The van der Waals surface area contributed by atoms with E-state index in [1.54, 1.807) is 12.1 Å². The van der Waals surface area contributed by atoms with E-state index in [1.807, 2.05) is 18.2 Å². The number of carbonyl (C=O) groups excluding carboxylic acids is 3. The number of barbiturate groups is 1. The van der Waals surface area contributed by atoms with Crippen LogP contribution in [0.2, 0.25) is 0 Å². The van der Waals surface area contributed by atoms with Gasteiger partial charge >= 0.3 is 6.03 Å². The van der Waals surface area contributed by atoms with Gasteiger partial charge in [-0.05, 0) is 25.0 Å². The lowest BCUT2D eigenvalue weighted by Gasteiger charge is -2.30. The first-order chi connectivity index (χ1) is 9.63. The summed E-state index contributed by atoms with van der Waals surface area (Å²) in [5, 5.41) is 2.23. The van der Waals surface area contributed by atoms with Crippen LogP contribution in [0.3, 0.4) is 0 Å². The van der Waals surface area contributed by atoms with Gasteiger partial charge in [-0.1, -0.05) is 18.2 Å². The molecule has 4 amide bonds. The second kappa shape index (κ2) is 4.63. The van der Waals surface area contributed by atoms with Crippen molar-refractivity contribution in [1.82, 2.24) is 10.2 Å². The zero-order valence-electron chi connectivity index (χ0n) is 10.8. The number of hydrogen-bond donors (Lipinski definition) is 1. The summed E-state index contributed by atoms with van der Waals surface area (Å²) in [6.45, 7) is 0.335. The van der Waals surface area contributed by atoms with Crippen LogP contribution in [0, 0.1) is 5.41 Å². The minimum Gasteiger partial charge on any atom is -0.492 e. The summed E-state index contributed by atoms with van der Waals surface area (Å²) in [6.07, 6.45) is 1.03. The van der Waals surface area contributed by atoms with Gasteiger partial charge in [0.05, 0.1) is 6.54 Å². The highest BCUT2D eigenvalue weighted by Crippen LogP contribution is 2.48. The summed E-state index contributed by atoms with van der Waals surface area (Å²) in [4.78, 5) is 36.5. The number of ether oxygens (including phenoxy) is 1. The summed E-state index contributed by atoms with van der Waals surface area (Å²) in [5.74, 6) is -0.190. The Kier molecular flexibility index (Phi) is 2.93. The van der Waals surface area contributed by atoms with E-state index >= 15 is 0 Å². The lowest BCUT2D eigenvalue weighted by molar-refractivity contribution is -0.144. The Balaban J connectivity index is 1.61. The highest BCUT2D eigenvalue weighted by molar-refractivity contribution is 6.20. The lowest BCUT2D eigenvalue weighted by atomic mass is 10.0. The van der Waals surface area contributed by atoms with E-state index < -0.39 is 23.3 Å². The van der Waals surface area contributed by atoms with Crippen molar-refractivity contribution in [2.24, 2.45) is 5.41 Å². The van der Waals surface area contributed by atoms with Gasteiger partial charge in [0.1, 0.15) is 17.8 Å². The standard InChI is InChI=1S/C14H14N2O4/c17-11-14(6-7-14)12(18)16(13(19)15-11)8-9-20-10-4-2-1-3-5-10/h1-5H,6-9H2,(H,15,17,19). The maximum Gasteiger partial charge on any atom is 0.330 e. The van der Waals surface area contributed by atoms with Gasteiger partial charge in [-0.3, -0.25) is 19.8 Å². The van der Waals surface area contributed by atoms with E-state index in [-0.39, 0.29) is 13.2 Å². The van der Waals surface area contributed by atoms with Crippen LogP contribution in [-0.4, -0.2) is 35.9 Å². The lowest BCUT2D eigenvalue weighted by Crippen LogP contribution is -2.59. The summed E-state index contributed by atoms with van der Waals surface area (Å²) in [5.41, 5.74) is -0.985. The fourth-order valence-corrected chi connectivity index (χ4v) is 2.27. The van der Waals surface area contributed by atoms with Gasteiger partial charge in [0, 0.05) is 0 Å². The minimum atomic E-state index is -0.985. The fourth-order valence-electron chi connectivity index (χ4n) is 2.27. The molecule has 1 N–H and O–H groups in total. The molecule has 3 rings (SSSR count). The van der Waals surface area contributed by atoms with Gasteiger partial charge in [0.15, 0.2) is 0 Å². The number of benzene rings is 1. The number of urea groups is 1. The zero-order chi connectivity index (χ0) is 14.2. The van der Waals surface area contributed by atoms with E-state index in [4.69, 9.17) is 4.74 Å². The topological polar surface area (TPSA) is 75.7 Å². The SMILES string of the molecule is O=C1NC(=O)C2(CC2)C(=O)N1CCOc1ccccc1. The number of carbonyl (C=O) groups is 3. The van der Waals surface area contributed by atoms with Crippen molar-refractivity contribution in [1.29, 1.82) is 0 Å². The quantitative estimate of drug-likeness (QED) is 0.828. The molecule has 6 heteroatoms. The Morgan fingerprint density at radius 1 is 1.15 bits per heavy atom. The van der Waals surface area contributed by atoms with Crippen molar-refractivity contribution in [3.8, 4) is 5.75 Å². The molecule has 0 bridgehead atoms. The van der Waals surface area contributed by atoms with Crippen LogP contribution in [0.25, 0.3) is 0 Å². The Morgan fingerprint density at radius 2 is 1.85 bits per heavy atom. The smallest absolute Gasteiger partial charge is 0.330 e. The van der Waals surface area contributed by atoms with E-state index in [0.29, 0.717) is 18.6 Å². The normalized spacial score (nSPS) is 20.0. The Hall–Kier alpha value is -2.37. The van der Waals surface area contributed by atoms with Crippen molar-refractivity contribution in [3.05, 3.63) is 30.3 Å². The van der Waals surface area contributed by atoms with Crippen LogP contribution in [-0.2, 0) is 9.59 Å². The monoisotopic (exact) mass is 274 g/mol. The molecule has 2 aliphatic rings. The van der Waals surface area contributed by atoms with E-state index in [0.717, 1.165) is 4.90 Å². The van der Waals surface area contributed by atoms with Crippen LogP contribution in [0.5, 0.6) is 5.75 Å². The maximum atomic E-state index is 12.2. The summed E-state index contributed by atoms with van der Waals surface area (Å²) < 4.78 is 5.46. The molecular weight excluding hydrogens is 260 g/mol. The molecule has 1 aliphatic heterocycles. The van der Waals surface area contributed by atoms with Gasteiger partial charge in [-0.15, -0.1) is 0 Å². The first-order valence-corrected chi connectivity index (χ1v) is 6.49. The van der Waals surface area contributed by atoms with Crippen LogP contribution >= 0.6 is 0 Å². The number of rotatable bonds is 4. The Bertz CT molecular complexity index is 566. The third-order valence-corrected chi connectivity index (χ3v) is 3.63. The zero-order valence-corrected chi connectivity index (χ0v) is 10.8. The first-order valence-electron chi connectivity index (χ1n) is 6.49. The molecule has 0 radical (unpaired) electrons. The molecule has 1 saturated carbocycles. The fraction of sp³-hybridized carbons (Fsp3) is 0.357. The second-order valence-corrected chi connectivity index (χ2v) is 4.96. The maximum absolute atomic E-state index is 12.2. The summed E-state index contributed by atoms with van der Waals surface area (Å²) in [6, 6.07) is 8.48. The first kappa shape index (κ1) is 12.7. The van der Waals surface area contributed by atoms with Crippen LogP contribution in [0.15, 0.2) is 30.3 Å². The summed E-state index contributed by atoms with van der Waals surface area (Å²) >= 11 is 0. The number of amides is 4. The van der Waals surface area contributed by atoms with Gasteiger partial charge in [0.25, 0.3) is 0 Å². The van der Waals surface area contributed by atoms with Crippen LogP contribution < -0.4 is 10.1 Å². The second-order valence-electron chi connectivity index (χ2n) is 4.96. The molecule has 20 heavy (non-hydrogen) atoms. The average molecular weight is 274 g/mol. The van der Waals surface area contributed by atoms with Gasteiger partial charge < -0.3 is 4.74 Å². The predicted molar refractivity (Wildman–Crippen MR) is 68.9 cm³/mol.